The average Bonchev–Trinajstić information content (AvgIpc) is 3.95. The Morgan fingerprint density at radius 3 is 1.55 bits per heavy atom. The highest BCUT2D eigenvalue weighted by Gasteiger charge is 2.20. The fraction of sp³-hybridized carbons (Fsp3) is 0. The first-order chi connectivity index (χ1) is 26.2. The largest absolute Gasteiger partial charge is 0.456 e. The lowest BCUT2D eigenvalue weighted by atomic mass is 10.1. The van der Waals surface area contributed by atoms with Crippen molar-refractivity contribution in [1.82, 2.24) is 27.9 Å². The van der Waals surface area contributed by atoms with E-state index in [9.17, 15) is 5.26 Å². The van der Waals surface area contributed by atoms with E-state index in [1.807, 2.05) is 42.5 Å². The molecule has 0 unspecified atom stereocenters. The minimum Gasteiger partial charge on any atom is -0.456 e. The monoisotopic (exact) mass is 679 g/mol. The van der Waals surface area contributed by atoms with Crippen LogP contribution in [0.4, 0.5) is 0 Å². The zero-order valence-corrected chi connectivity index (χ0v) is 28.0. The van der Waals surface area contributed by atoms with Gasteiger partial charge in [-0.2, -0.15) is 5.26 Å². The maximum atomic E-state index is 9.67. The smallest absolute Gasteiger partial charge is 0.223 e. The second-order valence-corrected chi connectivity index (χ2v) is 13.5. The van der Waals surface area contributed by atoms with Gasteiger partial charge < -0.3 is 8.98 Å². The lowest BCUT2D eigenvalue weighted by molar-refractivity contribution is 0.669. The summed E-state index contributed by atoms with van der Waals surface area (Å²) in [6, 6.07) is 54.3. The summed E-state index contributed by atoms with van der Waals surface area (Å²) in [4.78, 5) is 10.6. The molecule has 0 aliphatic rings. The summed E-state index contributed by atoms with van der Waals surface area (Å²) >= 11 is 0. The number of para-hydroxylation sites is 7. The van der Waals surface area contributed by atoms with E-state index in [0.29, 0.717) is 5.56 Å². The predicted octanol–water partition coefficient (Wildman–Crippen LogP) is 10.7. The van der Waals surface area contributed by atoms with Crippen molar-refractivity contribution in [3.63, 3.8) is 0 Å². The third-order valence-corrected chi connectivity index (χ3v) is 10.6. The Morgan fingerprint density at radius 2 is 0.943 bits per heavy atom. The molecule has 0 spiro atoms. The number of nitrogens with zero attached hydrogens (tertiary/aromatic N) is 7. The molecular weight excluding hydrogens is 655 g/mol. The highest BCUT2D eigenvalue weighted by atomic mass is 16.3. The van der Waals surface area contributed by atoms with E-state index < -0.39 is 0 Å². The molecule has 8 heteroatoms. The van der Waals surface area contributed by atoms with Gasteiger partial charge in [0.2, 0.25) is 11.6 Å². The molecule has 7 aromatic carbocycles. The van der Waals surface area contributed by atoms with E-state index in [1.165, 1.54) is 0 Å². The number of hydrogen-bond donors (Lipinski definition) is 0. The Labute approximate surface area is 299 Å². The van der Waals surface area contributed by atoms with Crippen LogP contribution in [0.5, 0.6) is 0 Å². The summed E-state index contributed by atoms with van der Waals surface area (Å²) in [5, 5.41) is 13.8. The van der Waals surface area contributed by atoms with Crippen LogP contribution in [0.2, 0.25) is 0 Å². The topological polar surface area (TPSA) is 81.4 Å². The maximum Gasteiger partial charge on any atom is 0.223 e. The first kappa shape index (κ1) is 28.1. The SMILES string of the molecule is N#Cc1ccc2c(c1)c1ccccc1n2-c1ccc2oc3ccc(-n4c5nc6ccccc6n5c5ccccc5n5c6ccccc6nc45)cc3c2c1. The van der Waals surface area contributed by atoms with Gasteiger partial charge in [0.05, 0.1) is 61.5 Å². The molecule has 0 N–H and O–H groups in total. The fourth-order valence-corrected chi connectivity index (χ4v) is 8.32. The molecule has 0 radical (unpaired) electrons. The van der Waals surface area contributed by atoms with Gasteiger partial charge in [-0.15, -0.1) is 0 Å². The molecular formula is C45H25N7O. The number of nitriles is 1. The van der Waals surface area contributed by atoms with Crippen LogP contribution >= 0.6 is 0 Å². The number of imidazole rings is 2. The molecule has 0 atom stereocenters. The maximum absolute atomic E-state index is 9.67. The zero-order chi connectivity index (χ0) is 34.8. The van der Waals surface area contributed by atoms with Gasteiger partial charge in [0.15, 0.2) is 0 Å². The van der Waals surface area contributed by atoms with Gasteiger partial charge in [-0.05, 0) is 97.1 Å². The molecule has 0 amide bonds. The van der Waals surface area contributed by atoms with Crippen molar-refractivity contribution in [2.45, 2.75) is 0 Å². The molecule has 8 nitrogen and oxygen atoms in total. The van der Waals surface area contributed by atoms with Gasteiger partial charge in [0.1, 0.15) is 11.2 Å². The third kappa shape index (κ3) is 3.77. The summed E-state index contributed by atoms with van der Waals surface area (Å²) in [7, 11) is 0. The second-order valence-electron chi connectivity index (χ2n) is 13.5. The fourth-order valence-electron chi connectivity index (χ4n) is 8.32. The van der Waals surface area contributed by atoms with E-state index in [0.717, 1.165) is 99.8 Å². The van der Waals surface area contributed by atoms with Gasteiger partial charge in [-0.1, -0.05) is 54.6 Å². The predicted molar refractivity (Wildman–Crippen MR) is 211 cm³/mol. The average molecular weight is 680 g/mol. The van der Waals surface area contributed by atoms with E-state index in [4.69, 9.17) is 14.4 Å². The van der Waals surface area contributed by atoms with Crippen molar-refractivity contribution in [3.05, 3.63) is 157 Å². The van der Waals surface area contributed by atoms with Crippen LogP contribution in [0.3, 0.4) is 0 Å². The summed E-state index contributed by atoms with van der Waals surface area (Å²) in [6.07, 6.45) is 0. The van der Waals surface area contributed by atoms with Crippen LogP contribution in [0.15, 0.2) is 156 Å². The van der Waals surface area contributed by atoms with Crippen molar-refractivity contribution in [2.24, 2.45) is 0 Å². The molecule has 246 valence electrons. The molecule has 0 saturated heterocycles. The summed E-state index contributed by atoms with van der Waals surface area (Å²) in [5.74, 6) is 1.50. The second kappa shape index (κ2) is 10.2. The molecule has 12 rings (SSSR count). The molecule has 5 heterocycles. The molecule has 5 aromatic heterocycles. The van der Waals surface area contributed by atoms with E-state index >= 15 is 0 Å². The standard InChI is InChI=1S/C45H25N7O/c46-26-27-17-20-37-31(23-27)30-9-1-4-12-36(30)49(37)28-18-21-42-32(24-28)33-25-29(19-22-43(33)53-42)50-44-47-34-10-2-5-13-38(34)51(44)40-15-7-8-16-41(40)52-39-14-6-3-11-35(39)48-45(50)52/h1-25H. The molecule has 0 bridgehead atoms. The highest BCUT2D eigenvalue weighted by Crippen LogP contribution is 2.37. The Bertz CT molecular complexity index is 3490. The van der Waals surface area contributed by atoms with Crippen molar-refractivity contribution < 1.29 is 4.42 Å². The number of benzene rings is 7. The third-order valence-electron chi connectivity index (χ3n) is 10.6. The van der Waals surface area contributed by atoms with Crippen LogP contribution in [-0.2, 0) is 0 Å². The number of rotatable bonds is 2. The molecule has 0 saturated carbocycles. The van der Waals surface area contributed by atoms with E-state index in [1.54, 1.807) is 0 Å². The first-order valence-corrected chi connectivity index (χ1v) is 17.5. The number of fused-ring (bicyclic) bond motifs is 15. The molecule has 0 aliphatic carbocycles. The normalized spacial score (nSPS) is 12.1. The minimum atomic E-state index is 0.642. The van der Waals surface area contributed by atoms with Gasteiger partial charge in [-0.3, -0.25) is 8.80 Å². The van der Waals surface area contributed by atoms with Crippen LogP contribution in [0.25, 0.3) is 99.8 Å². The van der Waals surface area contributed by atoms with Crippen molar-refractivity contribution in [2.75, 3.05) is 0 Å². The lowest BCUT2D eigenvalue weighted by Crippen LogP contribution is -2.01. The Balaban J connectivity index is 1.19. The van der Waals surface area contributed by atoms with Crippen molar-refractivity contribution in [3.8, 4) is 17.4 Å². The molecule has 0 aliphatic heterocycles. The molecule has 0 fully saturated rings. The number of furan rings is 1. The summed E-state index contributed by atoms with van der Waals surface area (Å²) < 4.78 is 15.4. The van der Waals surface area contributed by atoms with Gasteiger partial charge in [0.25, 0.3) is 0 Å². The number of hydrogen-bond acceptors (Lipinski definition) is 4. The van der Waals surface area contributed by atoms with E-state index in [2.05, 4.69) is 133 Å². The van der Waals surface area contributed by atoms with Gasteiger partial charge in [0, 0.05) is 27.2 Å². The quantitative estimate of drug-likeness (QED) is 0.182. The van der Waals surface area contributed by atoms with Crippen LogP contribution < -0.4 is 0 Å². The van der Waals surface area contributed by atoms with Crippen LogP contribution in [-0.4, -0.2) is 27.9 Å². The highest BCUT2D eigenvalue weighted by molar-refractivity contribution is 6.11. The number of aromatic nitrogens is 6. The molecule has 12 aromatic rings. The Morgan fingerprint density at radius 1 is 0.434 bits per heavy atom. The van der Waals surface area contributed by atoms with Crippen molar-refractivity contribution in [1.29, 1.82) is 5.26 Å². The van der Waals surface area contributed by atoms with Crippen LogP contribution in [0, 0.1) is 11.3 Å². The van der Waals surface area contributed by atoms with Crippen LogP contribution in [0.1, 0.15) is 5.56 Å². The van der Waals surface area contributed by atoms with Gasteiger partial charge in [-0.25, -0.2) is 14.5 Å². The Kier molecular flexibility index (Phi) is 5.42. The van der Waals surface area contributed by atoms with Gasteiger partial charge >= 0.3 is 0 Å². The van der Waals surface area contributed by atoms with Crippen molar-refractivity contribution >= 4 is 88.4 Å². The zero-order valence-electron chi connectivity index (χ0n) is 28.0. The lowest BCUT2D eigenvalue weighted by Gasteiger charge is -2.09. The first-order valence-electron chi connectivity index (χ1n) is 17.5. The van der Waals surface area contributed by atoms with E-state index in [-0.39, 0.29) is 0 Å². The summed E-state index contributed by atoms with van der Waals surface area (Å²) in [6.45, 7) is 0. The summed E-state index contributed by atoms with van der Waals surface area (Å²) in [5.41, 5.74) is 12.2. The molecule has 53 heavy (non-hydrogen) atoms. The minimum absolute atomic E-state index is 0.642. The Hall–Kier alpha value is -7.63.